The predicted octanol–water partition coefficient (Wildman–Crippen LogP) is 5.34. The summed E-state index contributed by atoms with van der Waals surface area (Å²) in [5.74, 6) is 1.26. The number of aryl methyl sites for hydroxylation is 1. The van der Waals surface area contributed by atoms with Gasteiger partial charge in [0.2, 0.25) is 17.7 Å². The summed E-state index contributed by atoms with van der Waals surface area (Å²) in [5.41, 5.74) is 3.68. The molecule has 0 aromatic heterocycles. The first-order valence-corrected chi connectivity index (χ1v) is 16.5. The van der Waals surface area contributed by atoms with Gasteiger partial charge in [-0.3, -0.25) is 14.4 Å². The fraction of sp³-hybridized carbons (Fsp3) is 0.421. The monoisotopic (exact) mass is 620 g/mol. The zero-order valence-corrected chi connectivity index (χ0v) is 26.6. The fourth-order valence-corrected chi connectivity index (χ4v) is 6.00. The number of nitrogens with zero attached hydrogens (tertiary/aromatic N) is 2. The number of ether oxygens (including phenoxy) is 1. The molecule has 46 heavy (non-hydrogen) atoms. The highest BCUT2D eigenvalue weighted by atomic mass is 16.5. The summed E-state index contributed by atoms with van der Waals surface area (Å²) in [4.78, 5) is 41.3. The van der Waals surface area contributed by atoms with E-state index in [-0.39, 0.29) is 29.7 Å². The number of carbonyl (C=O) groups is 3. The normalized spacial score (nSPS) is 16.1. The van der Waals surface area contributed by atoms with Crippen LogP contribution >= 0.6 is 0 Å². The Hall–Kier alpha value is -4.64. The van der Waals surface area contributed by atoms with Gasteiger partial charge < -0.3 is 20.3 Å². The molecule has 1 heterocycles. The van der Waals surface area contributed by atoms with Gasteiger partial charge in [0.1, 0.15) is 18.4 Å². The van der Waals surface area contributed by atoms with E-state index in [1.807, 2.05) is 78.6 Å². The summed E-state index contributed by atoms with van der Waals surface area (Å²) < 4.78 is 5.92. The molecule has 0 spiro atoms. The third-order valence-corrected chi connectivity index (χ3v) is 9.11. The molecule has 8 heteroatoms. The highest BCUT2D eigenvalue weighted by Crippen LogP contribution is 2.32. The van der Waals surface area contributed by atoms with Crippen LogP contribution in [0.15, 0.2) is 78.9 Å². The van der Waals surface area contributed by atoms with E-state index in [4.69, 9.17) is 10.00 Å². The van der Waals surface area contributed by atoms with Crippen molar-refractivity contribution in [2.24, 2.45) is 11.8 Å². The maximum atomic E-state index is 13.3. The van der Waals surface area contributed by atoms with Crippen LogP contribution in [0.1, 0.15) is 67.7 Å². The van der Waals surface area contributed by atoms with Crippen LogP contribution in [0.25, 0.3) is 0 Å². The summed E-state index contributed by atoms with van der Waals surface area (Å²) in [5, 5.41) is 15.1. The van der Waals surface area contributed by atoms with Gasteiger partial charge in [-0.15, -0.1) is 0 Å². The van der Waals surface area contributed by atoms with E-state index < -0.39 is 6.04 Å². The molecule has 2 N–H and O–H groups in total. The molecule has 2 unspecified atom stereocenters. The summed E-state index contributed by atoms with van der Waals surface area (Å²) in [6, 6.07) is 26.6. The van der Waals surface area contributed by atoms with Crippen molar-refractivity contribution in [2.45, 2.75) is 77.0 Å². The van der Waals surface area contributed by atoms with Crippen LogP contribution < -0.4 is 15.4 Å². The van der Waals surface area contributed by atoms with Crippen molar-refractivity contribution in [1.29, 1.82) is 5.26 Å². The van der Waals surface area contributed by atoms with Crippen molar-refractivity contribution >= 4 is 17.7 Å². The van der Waals surface area contributed by atoms with Crippen LogP contribution in [0.4, 0.5) is 0 Å². The maximum Gasteiger partial charge on any atom is 0.243 e. The first-order chi connectivity index (χ1) is 22.4. The number of benzene rings is 3. The SMILES string of the molecule is CC(NC(=O)C(Cc1ccc(OCc2ccccc2)cc1)NC(=O)CC1CCN(C(=O)CCc2ccc(C#N)cc2)CC1)C1CC1. The van der Waals surface area contributed by atoms with Crippen LogP contribution in [0.2, 0.25) is 0 Å². The van der Waals surface area contributed by atoms with Crippen molar-refractivity contribution in [3.8, 4) is 11.8 Å². The molecule has 240 valence electrons. The second-order valence-corrected chi connectivity index (χ2v) is 12.7. The Bertz CT molecular complexity index is 1490. The Kier molecular flexibility index (Phi) is 11.4. The van der Waals surface area contributed by atoms with Gasteiger partial charge in [0.25, 0.3) is 0 Å². The highest BCUT2D eigenvalue weighted by molar-refractivity contribution is 5.88. The molecule has 3 amide bonds. The Balaban J connectivity index is 1.10. The number of hydrogen-bond donors (Lipinski definition) is 2. The molecule has 0 bridgehead atoms. The smallest absolute Gasteiger partial charge is 0.243 e. The zero-order chi connectivity index (χ0) is 32.3. The van der Waals surface area contributed by atoms with E-state index in [2.05, 4.69) is 16.7 Å². The minimum Gasteiger partial charge on any atom is -0.489 e. The van der Waals surface area contributed by atoms with E-state index in [1.165, 1.54) is 0 Å². The molecule has 2 atom stereocenters. The average molecular weight is 621 g/mol. The van der Waals surface area contributed by atoms with Gasteiger partial charge in [-0.1, -0.05) is 54.6 Å². The molecular weight excluding hydrogens is 576 g/mol. The molecule has 1 saturated heterocycles. The topological polar surface area (TPSA) is 112 Å². The van der Waals surface area contributed by atoms with Crippen LogP contribution in [-0.4, -0.2) is 47.8 Å². The molecule has 3 aromatic rings. The van der Waals surface area contributed by atoms with E-state index in [0.29, 0.717) is 56.9 Å². The predicted molar refractivity (Wildman–Crippen MR) is 177 cm³/mol. The van der Waals surface area contributed by atoms with Gasteiger partial charge in [0.15, 0.2) is 0 Å². The van der Waals surface area contributed by atoms with Gasteiger partial charge in [-0.25, -0.2) is 0 Å². The van der Waals surface area contributed by atoms with Crippen LogP contribution in [0, 0.1) is 23.2 Å². The lowest BCUT2D eigenvalue weighted by molar-refractivity contribution is -0.133. The van der Waals surface area contributed by atoms with Gasteiger partial charge in [-0.2, -0.15) is 5.26 Å². The first-order valence-electron chi connectivity index (χ1n) is 16.5. The number of likely N-dealkylation sites (tertiary alicyclic amines) is 1. The van der Waals surface area contributed by atoms with Gasteiger partial charge in [0.05, 0.1) is 11.6 Å². The van der Waals surface area contributed by atoms with Crippen molar-refractivity contribution in [1.82, 2.24) is 15.5 Å². The van der Waals surface area contributed by atoms with Crippen molar-refractivity contribution in [3.63, 3.8) is 0 Å². The van der Waals surface area contributed by atoms with E-state index in [9.17, 15) is 14.4 Å². The van der Waals surface area contributed by atoms with Gasteiger partial charge in [-0.05, 0) is 91.8 Å². The molecular formula is C38H44N4O4. The van der Waals surface area contributed by atoms with Crippen LogP contribution in [0.5, 0.6) is 5.75 Å². The van der Waals surface area contributed by atoms with Crippen molar-refractivity contribution in [2.75, 3.05) is 13.1 Å². The number of rotatable bonds is 14. The number of amides is 3. The third kappa shape index (κ3) is 9.93. The molecule has 8 nitrogen and oxygen atoms in total. The lowest BCUT2D eigenvalue weighted by atomic mass is 9.92. The standard InChI is InChI=1S/C38H44N4O4/c1-27(33-14-15-33)40-38(45)35(23-29-11-16-34(17-12-29)46-26-32-5-3-2-4-6-32)41-36(43)24-30-19-21-42(22-20-30)37(44)18-13-28-7-9-31(25-39)10-8-28/h2-12,16-17,27,30,33,35H,13-15,18-24,26H2,1H3,(H,40,45)(H,41,43). The summed E-state index contributed by atoms with van der Waals surface area (Å²) in [7, 11) is 0. The lowest BCUT2D eigenvalue weighted by Gasteiger charge is -2.32. The van der Waals surface area contributed by atoms with E-state index >= 15 is 0 Å². The summed E-state index contributed by atoms with van der Waals surface area (Å²) >= 11 is 0. The van der Waals surface area contributed by atoms with Gasteiger partial charge in [0, 0.05) is 38.4 Å². The number of nitriles is 1. The second-order valence-electron chi connectivity index (χ2n) is 12.7. The average Bonchev–Trinajstić information content (AvgIpc) is 3.94. The zero-order valence-electron chi connectivity index (χ0n) is 26.6. The van der Waals surface area contributed by atoms with Crippen LogP contribution in [-0.2, 0) is 33.8 Å². The highest BCUT2D eigenvalue weighted by Gasteiger charge is 2.32. The maximum absolute atomic E-state index is 13.3. The minimum atomic E-state index is -0.673. The number of piperidine rings is 1. The van der Waals surface area contributed by atoms with Gasteiger partial charge >= 0.3 is 0 Å². The van der Waals surface area contributed by atoms with Crippen LogP contribution in [0.3, 0.4) is 0 Å². The van der Waals surface area contributed by atoms with Crippen molar-refractivity contribution < 1.29 is 19.1 Å². The minimum absolute atomic E-state index is 0.0828. The Morgan fingerprint density at radius 2 is 1.54 bits per heavy atom. The van der Waals surface area contributed by atoms with E-state index in [0.717, 1.165) is 48.1 Å². The first kappa shape index (κ1) is 32.7. The Labute approximate surface area is 272 Å². The second kappa shape index (κ2) is 16.1. The molecule has 0 radical (unpaired) electrons. The number of nitrogens with one attached hydrogen (secondary N) is 2. The molecule has 3 aromatic carbocycles. The summed E-state index contributed by atoms with van der Waals surface area (Å²) in [6.45, 7) is 3.77. The van der Waals surface area contributed by atoms with E-state index in [1.54, 1.807) is 12.1 Å². The third-order valence-electron chi connectivity index (χ3n) is 9.11. The lowest BCUT2D eigenvalue weighted by Crippen LogP contribution is -2.51. The molecule has 1 saturated carbocycles. The number of carbonyl (C=O) groups excluding carboxylic acids is 3. The molecule has 1 aliphatic heterocycles. The molecule has 5 rings (SSSR count). The quantitative estimate of drug-likeness (QED) is 0.253. The molecule has 1 aliphatic carbocycles. The van der Waals surface area contributed by atoms with Crippen molar-refractivity contribution in [3.05, 3.63) is 101 Å². The Morgan fingerprint density at radius 3 is 2.20 bits per heavy atom. The fourth-order valence-electron chi connectivity index (χ4n) is 6.00. The Morgan fingerprint density at radius 1 is 0.870 bits per heavy atom. The summed E-state index contributed by atoms with van der Waals surface area (Å²) in [6.07, 6.45) is 5.55. The largest absolute Gasteiger partial charge is 0.489 e. The number of hydrogen-bond acceptors (Lipinski definition) is 5. The molecule has 2 aliphatic rings. The molecule has 2 fully saturated rings.